The fraction of sp³-hybridized carbons (Fsp3) is 0.125. The third kappa shape index (κ3) is 2.71. The van der Waals surface area contributed by atoms with E-state index in [9.17, 15) is 4.79 Å². The summed E-state index contributed by atoms with van der Waals surface area (Å²) in [7, 11) is 0. The summed E-state index contributed by atoms with van der Waals surface area (Å²) < 4.78 is 8.59. The van der Waals surface area contributed by atoms with E-state index in [1.807, 2.05) is 59.4 Å². The van der Waals surface area contributed by atoms with Crippen molar-refractivity contribution in [2.75, 3.05) is 11.9 Å². The zero-order chi connectivity index (χ0) is 15.4. The molecule has 2 heterocycles. The van der Waals surface area contributed by atoms with Crippen LogP contribution in [0.15, 0.2) is 61.1 Å². The van der Waals surface area contributed by atoms with Gasteiger partial charge in [-0.1, -0.05) is 18.2 Å². The molecular weight excluding hydrogens is 280 g/mol. The van der Waals surface area contributed by atoms with Gasteiger partial charge in [-0.2, -0.15) is 5.10 Å². The summed E-state index contributed by atoms with van der Waals surface area (Å²) in [5, 5.41) is 7.11. The van der Waals surface area contributed by atoms with Crippen molar-refractivity contribution in [2.24, 2.45) is 0 Å². The van der Waals surface area contributed by atoms with Gasteiger partial charge in [0.25, 0.3) is 0 Å². The van der Waals surface area contributed by atoms with Gasteiger partial charge >= 0.3 is 6.09 Å². The maximum Gasteiger partial charge on any atom is 0.411 e. The van der Waals surface area contributed by atoms with Crippen molar-refractivity contribution in [3.05, 3.63) is 61.1 Å². The van der Waals surface area contributed by atoms with Gasteiger partial charge in [-0.3, -0.25) is 5.32 Å². The van der Waals surface area contributed by atoms with Crippen LogP contribution in [0.5, 0.6) is 0 Å². The number of amides is 1. The Morgan fingerprint density at radius 3 is 2.59 bits per heavy atom. The van der Waals surface area contributed by atoms with Crippen molar-refractivity contribution in [2.45, 2.75) is 6.92 Å². The minimum absolute atomic E-state index is 0.317. The quantitative estimate of drug-likeness (QED) is 0.804. The minimum Gasteiger partial charge on any atom is -0.450 e. The molecule has 0 saturated carbocycles. The fourth-order valence-corrected chi connectivity index (χ4v) is 2.19. The second kappa shape index (κ2) is 6.17. The van der Waals surface area contributed by atoms with Gasteiger partial charge in [0.2, 0.25) is 0 Å². The highest BCUT2D eigenvalue weighted by Crippen LogP contribution is 2.23. The van der Waals surface area contributed by atoms with Crippen LogP contribution in [0.2, 0.25) is 0 Å². The Hall–Kier alpha value is -3.02. The maximum atomic E-state index is 11.7. The van der Waals surface area contributed by atoms with Crippen molar-refractivity contribution in [3.63, 3.8) is 0 Å². The van der Waals surface area contributed by atoms with Gasteiger partial charge < -0.3 is 9.30 Å². The number of nitrogens with one attached hydrogen (secondary N) is 1. The zero-order valence-corrected chi connectivity index (χ0v) is 12.1. The summed E-state index contributed by atoms with van der Waals surface area (Å²) in [6, 6.07) is 13.6. The van der Waals surface area contributed by atoms with Crippen molar-refractivity contribution in [1.82, 2.24) is 14.3 Å². The highest BCUT2D eigenvalue weighted by atomic mass is 16.5. The van der Waals surface area contributed by atoms with E-state index < -0.39 is 6.09 Å². The summed E-state index contributed by atoms with van der Waals surface area (Å²) in [4.78, 5) is 11.7. The van der Waals surface area contributed by atoms with Crippen LogP contribution in [0.4, 0.5) is 10.5 Å². The third-order valence-corrected chi connectivity index (χ3v) is 3.11. The number of aromatic nitrogens is 3. The lowest BCUT2D eigenvalue weighted by Crippen LogP contribution is -2.15. The molecule has 0 fully saturated rings. The standard InChI is InChI=1S/C16H16N4O2/c1-2-22-16(21)18-14-12-17-20(13-8-4-3-5-9-13)15(14)19-10-6-7-11-19/h3-12H,2H2,1H3,(H,18,21). The van der Waals surface area contributed by atoms with E-state index >= 15 is 0 Å². The summed E-state index contributed by atoms with van der Waals surface area (Å²) in [5.41, 5.74) is 1.49. The number of nitrogens with zero attached hydrogens (tertiary/aromatic N) is 3. The predicted octanol–water partition coefficient (Wildman–Crippen LogP) is 3.23. The highest BCUT2D eigenvalue weighted by molar-refractivity contribution is 5.87. The topological polar surface area (TPSA) is 61.1 Å². The second-order valence-corrected chi connectivity index (χ2v) is 4.56. The zero-order valence-electron chi connectivity index (χ0n) is 12.1. The largest absolute Gasteiger partial charge is 0.450 e. The number of benzene rings is 1. The molecule has 0 aliphatic rings. The third-order valence-electron chi connectivity index (χ3n) is 3.11. The number of carbonyl (C=O) groups excluding carboxylic acids is 1. The molecule has 0 aliphatic carbocycles. The number of hydrogen-bond acceptors (Lipinski definition) is 3. The molecular formula is C16H16N4O2. The molecule has 1 aromatic carbocycles. The normalized spacial score (nSPS) is 10.4. The van der Waals surface area contributed by atoms with E-state index in [0.717, 1.165) is 11.5 Å². The molecule has 6 nitrogen and oxygen atoms in total. The lowest BCUT2D eigenvalue weighted by Gasteiger charge is -2.11. The first-order valence-electron chi connectivity index (χ1n) is 7.00. The summed E-state index contributed by atoms with van der Waals surface area (Å²) in [6.07, 6.45) is 4.90. The van der Waals surface area contributed by atoms with Gasteiger partial charge in [0.05, 0.1) is 18.5 Å². The Kier molecular flexibility index (Phi) is 3.91. The molecule has 0 spiro atoms. The van der Waals surface area contributed by atoms with Crippen LogP contribution in [-0.4, -0.2) is 27.0 Å². The Bertz CT molecular complexity index is 748. The smallest absolute Gasteiger partial charge is 0.411 e. The molecule has 0 atom stereocenters. The average Bonchev–Trinajstić information content (AvgIpc) is 3.17. The predicted molar refractivity (Wildman–Crippen MR) is 83.5 cm³/mol. The fourth-order valence-electron chi connectivity index (χ4n) is 2.19. The molecule has 0 unspecified atom stereocenters. The molecule has 1 N–H and O–H groups in total. The first kappa shape index (κ1) is 13.9. The van der Waals surface area contributed by atoms with Crippen molar-refractivity contribution in [1.29, 1.82) is 0 Å². The first-order chi connectivity index (χ1) is 10.8. The van der Waals surface area contributed by atoms with E-state index in [2.05, 4.69) is 10.4 Å². The average molecular weight is 296 g/mol. The van der Waals surface area contributed by atoms with Gasteiger partial charge in [-0.25, -0.2) is 9.48 Å². The van der Waals surface area contributed by atoms with Crippen molar-refractivity contribution in [3.8, 4) is 11.5 Å². The Labute approximate surface area is 127 Å². The van der Waals surface area contributed by atoms with Crippen LogP contribution >= 0.6 is 0 Å². The molecule has 22 heavy (non-hydrogen) atoms. The lowest BCUT2D eigenvalue weighted by molar-refractivity contribution is 0.168. The van der Waals surface area contributed by atoms with Crippen LogP contribution < -0.4 is 5.32 Å². The molecule has 0 bridgehead atoms. The van der Waals surface area contributed by atoms with Gasteiger partial charge in [-0.15, -0.1) is 0 Å². The second-order valence-electron chi connectivity index (χ2n) is 4.56. The molecule has 1 amide bonds. The van der Waals surface area contributed by atoms with Gasteiger partial charge in [0.15, 0.2) is 5.82 Å². The lowest BCUT2D eigenvalue weighted by atomic mass is 10.3. The van der Waals surface area contributed by atoms with Crippen LogP contribution in [0.1, 0.15) is 6.92 Å². The van der Waals surface area contributed by atoms with Crippen LogP contribution in [0.25, 0.3) is 11.5 Å². The number of carbonyl (C=O) groups is 1. The molecule has 112 valence electrons. The number of hydrogen-bond donors (Lipinski definition) is 1. The van der Waals surface area contributed by atoms with E-state index in [4.69, 9.17) is 4.74 Å². The summed E-state index contributed by atoms with van der Waals surface area (Å²) >= 11 is 0. The maximum absolute atomic E-state index is 11.7. The molecule has 0 saturated heterocycles. The van der Waals surface area contributed by atoms with E-state index in [0.29, 0.717) is 12.3 Å². The van der Waals surface area contributed by atoms with Crippen LogP contribution in [-0.2, 0) is 4.74 Å². The molecule has 3 aromatic rings. The van der Waals surface area contributed by atoms with Gasteiger partial charge in [0, 0.05) is 12.4 Å². The van der Waals surface area contributed by atoms with Gasteiger partial charge in [-0.05, 0) is 31.2 Å². The highest BCUT2D eigenvalue weighted by Gasteiger charge is 2.16. The van der Waals surface area contributed by atoms with Gasteiger partial charge in [0.1, 0.15) is 5.69 Å². The van der Waals surface area contributed by atoms with E-state index in [-0.39, 0.29) is 0 Å². The number of anilines is 1. The summed E-state index contributed by atoms with van der Waals surface area (Å²) in [5.74, 6) is 0.740. The Morgan fingerprint density at radius 1 is 1.18 bits per heavy atom. The molecule has 6 heteroatoms. The molecule has 0 aliphatic heterocycles. The van der Waals surface area contributed by atoms with Crippen LogP contribution in [0.3, 0.4) is 0 Å². The summed E-state index contributed by atoms with van der Waals surface area (Å²) in [6.45, 7) is 2.08. The molecule has 3 rings (SSSR count). The Morgan fingerprint density at radius 2 is 1.91 bits per heavy atom. The number of ether oxygens (including phenoxy) is 1. The first-order valence-corrected chi connectivity index (χ1v) is 7.00. The number of para-hydroxylation sites is 1. The van der Waals surface area contributed by atoms with Crippen LogP contribution in [0, 0.1) is 0 Å². The Balaban J connectivity index is 2.05. The SMILES string of the molecule is CCOC(=O)Nc1cnn(-c2ccccc2)c1-n1cccc1. The monoisotopic (exact) mass is 296 g/mol. The number of rotatable bonds is 4. The molecule has 0 radical (unpaired) electrons. The van der Waals surface area contributed by atoms with Crippen molar-refractivity contribution < 1.29 is 9.53 Å². The van der Waals surface area contributed by atoms with E-state index in [1.165, 1.54) is 0 Å². The van der Waals surface area contributed by atoms with Crippen molar-refractivity contribution >= 4 is 11.8 Å². The van der Waals surface area contributed by atoms with E-state index in [1.54, 1.807) is 17.8 Å². The minimum atomic E-state index is -0.497. The molecule has 2 aromatic heterocycles.